The van der Waals surface area contributed by atoms with Crippen LogP contribution in [0.2, 0.25) is 0 Å². The Morgan fingerprint density at radius 1 is 1.00 bits per heavy atom. The normalized spacial score (nSPS) is 12.2. The molecule has 0 unspecified atom stereocenters. The number of benzene rings is 2. The molecule has 26 heavy (non-hydrogen) atoms. The van der Waals surface area contributed by atoms with Crippen LogP contribution in [0.5, 0.6) is 0 Å². The number of sulfonamides is 1. The van der Waals surface area contributed by atoms with E-state index in [-0.39, 0.29) is 4.90 Å². The van der Waals surface area contributed by atoms with Gasteiger partial charge in [-0.05, 0) is 43.3 Å². The summed E-state index contributed by atoms with van der Waals surface area (Å²) in [6, 6.07) is 9.93. The Hall–Kier alpha value is -2.39. The summed E-state index contributed by atoms with van der Waals surface area (Å²) in [7, 11) is -3.98. The highest BCUT2D eigenvalue weighted by atomic mass is 32.2. The van der Waals surface area contributed by atoms with Crippen molar-refractivity contribution in [2.45, 2.75) is 18.0 Å². The van der Waals surface area contributed by atoms with Crippen molar-refractivity contribution in [3.8, 4) is 11.3 Å². The van der Waals surface area contributed by atoms with E-state index in [2.05, 4.69) is 9.71 Å². The molecule has 4 nitrogen and oxygen atoms in total. The second-order valence-electron chi connectivity index (χ2n) is 5.46. The minimum atomic E-state index is -4.51. The maximum atomic E-state index is 12.6. The number of thiazole rings is 1. The minimum Gasteiger partial charge on any atom is -0.280 e. The molecule has 1 aromatic heterocycles. The molecule has 0 aliphatic heterocycles. The third-order valence-corrected chi connectivity index (χ3v) is 5.71. The molecular weight excluding hydrogens is 385 g/mol. The van der Waals surface area contributed by atoms with Gasteiger partial charge in [-0.25, -0.2) is 13.4 Å². The zero-order valence-corrected chi connectivity index (χ0v) is 15.0. The molecule has 0 bridgehead atoms. The van der Waals surface area contributed by atoms with Crippen LogP contribution in [0.15, 0.2) is 58.8 Å². The molecule has 0 amide bonds. The summed E-state index contributed by atoms with van der Waals surface area (Å²) in [6.07, 6.45) is -4.51. The summed E-state index contributed by atoms with van der Waals surface area (Å²) in [5, 5.41) is 2.82. The van der Waals surface area contributed by atoms with Crippen molar-refractivity contribution in [1.82, 2.24) is 4.98 Å². The van der Waals surface area contributed by atoms with Crippen LogP contribution in [0.1, 0.15) is 10.6 Å². The van der Waals surface area contributed by atoms with Gasteiger partial charge in [0.2, 0.25) is 0 Å². The van der Waals surface area contributed by atoms with Crippen LogP contribution in [0.4, 0.5) is 18.9 Å². The van der Waals surface area contributed by atoms with Gasteiger partial charge in [0, 0.05) is 16.6 Å². The van der Waals surface area contributed by atoms with Gasteiger partial charge in [0.1, 0.15) is 0 Å². The van der Waals surface area contributed by atoms with E-state index < -0.39 is 21.8 Å². The van der Waals surface area contributed by atoms with E-state index >= 15 is 0 Å². The van der Waals surface area contributed by atoms with Crippen LogP contribution in [0.25, 0.3) is 11.3 Å². The van der Waals surface area contributed by atoms with E-state index in [1.807, 2.05) is 12.3 Å². The average Bonchev–Trinajstić information content (AvgIpc) is 3.01. The monoisotopic (exact) mass is 398 g/mol. The number of aryl methyl sites for hydroxylation is 1. The number of rotatable bonds is 4. The van der Waals surface area contributed by atoms with Gasteiger partial charge in [0.05, 0.1) is 21.2 Å². The van der Waals surface area contributed by atoms with Crippen molar-refractivity contribution in [2.24, 2.45) is 0 Å². The lowest BCUT2D eigenvalue weighted by atomic mass is 10.1. The van der Waals surface area contributed by atoms with E-state index in [4.69, 9.17) is 0 Å². The highest BCUT2D eigenvalue weighted by molar-refractivity contribution is 7.92. The third kappa shape index (κ3) is 4.05. The molecule has 2 aromatic carbocycles. The van der Waals surface area contributed by atoms with Gasteiger partial charge in [-0.2, -0.15) is 13.2 Å². The zero-order chi connectivity index (χ0) is 18.9. The van der Waals surface area contributed by atoms with Crippen LogP contribution in [0.3, 0.4) is 0 Å². The van der Waals surface area contributed by atoms with Gasteiger partial charge >= 0.3 is 6.18 Å². The highest BCUT2D eigenvalue weighted by Crippen LogP contribution is 2.30. The van der Waals surface area contributed by atoms with Gasteiger partial charge in [-0.15, -0.1) is 11.3 Å². The van der Waals surface area contributed by atoms with Gasteiger partial charge < -0.3 is 0 Å². The predicted molar refractivity (Wildman–Crippen MR) is 94.5 cm³/mol. The summed E-state index contributed by atoms with van der Waals surface area (Å²) >= 11 is 1.51. The number of nitrogens with one attached hydrogen (secondary N) is 1. The molecule has 3 rings (SSSR count). The van der Waals surface area contributed by atoms with Crippen molar-refractivity contribution in [1.29, 1.82) is 0 Å². The molecule has 0 saturated heterocycles. The Labute approximate surface area is 152 Å². The molecule has 3 aromatic rings. The van der Waals surface area contributed by atoms with Crippen LogP contribution >= 0.6 is 11.3 Å². The fourth-order valence-corrected chi connectivity index (χ4v) is 3.92. The summed E-state index contributed by atoms with van der Waals surface area (Å²) < 4.78 is 64.7. The maximum absolute atomic E-state index is 12.6. The number of hydrogen-bond acceptors (Lipinski definition) is 4. The zero-order valence-electron chi connectivity index (χ0n) is 13.4. The number of alkyl halides is 3. The minimum absolute atomic E-state index is 0.246. The van der Waals surface area contributed by atoms with Crippen molar-refractivity contribution >= 4 is 27.0 Å². The SMILES string of the molecule is Cc1nc(-c2ccc(NS(=O)(=O)c3ccc(C(F)(F)F)cc3)cc2)cs1. The lowest BCUT2D eigenvalue weighted by Crippen LogP contribution is -2.13. The summed E-state index contributed by atoms with van der Waals surface area (Å²) in [6.45, 7) is 1.89. The molecule has 0 aliphatic rings. The molecule has 0 aliphatic carbocycles. The molecular formula is C17H13F3N2O2S2. The van der Waals surface area contributed by atoms with E-state index in [0.717, 1.165) is 40.5 Å². The van der Waals surface area contributed by atoms with E-state index in [1.165, 1.54) is 11.3 Å². The topological polar surface area (TPSA) is 59.1 Å². The first-order valence-corrected chi connectivity index (χ1v) is 9.74. The standard InChI is InChI=1S/C17H13F3N2O2S2/c1-11-21-16(10-25-11)12-2-6-14(7-3-12)22-26(23,24)15-8-4-13(5-9-15)17(18,19)20/h2-10,22H,1H3. The lowest BCUT2D eigenvalue weighted by molar-refractivity contribution is -0.137. The molecule has 1 heterocycles. The van der Waals surface area contributed by atoms with Crippen molar-refractivity contribution in [3.05, 3.63) is 64.5 Å². The molecule has 136 valence electrons. The Morgan fingerprint density at radius 3 is 2.12 bits per heavy atom. The Balaban J connectivity index is 1.79. The molecule has 0 atom stereocenters. The van der Waals surface area contributed by atoms with Crippen molar-refractivity contribution in [2.75, 3.05) is 4.72 Å². The summed E-state index contributed by atoms with van der Waals surface area (Å²) in [5.41, 5.74) is 1.04. The van der Waals surface area contributed by atoms with Crippen molar-refractivity contribution < 1.29 is 21.6 Å². The number of aromatic nitrogens is 1. The van der Waals surface area contributed by atoms with Gasteiger partial charge in [-0.1, -0.05) is 12.1 Å². The van der Waals surface area contributed by atoms with E-state index in [1.54, 1.807) is 24.3 Å². The second kappa shape index (κ2) is 6.73. The van der Waals surface area contributed by atoms with E-state index in [9.17, 15) is 21.6 Å². The largest absolute Gasteiger partial charge is 0.416 e. The molecule has 0 radical (unpaired) electrons. The fraction of sp³-hybridized carbons (Fsp3) is 0.118. The van der Waals surface area contributed by atoms with Gasteiger partial charge in [0.15, 0.2) is 0 Å². The molecule has 0 spiro atoms. The third-order valence-electron chi connectivity index (χ3n) is 3.54. The molecule has 0 fully saturated rings. The maximum Gasteiger partial charge on any atom is 0.416 e. The first kappa shape index (κ1) is 18.4. The van der Waals surface area contributed by atoms with Crippen LogP contribution in [-0.4, -0.2) is 13.4 Å². The molecule has 0 saturated carbocycles. The number of anilines is 1. The average molecular weight is 398 g/mol. The Morgan fingerprint density at radius 2 is 1.62 bits per heavy atom. The molecule has 9 heteroatoms. The number of hydrogen-bond donors (Lipinski definition) is 1. The van der Waals surface area contributed by atoms with Gasteiger partial charge in [0.25, 0.3) is 10.0 Å². The number of nitrogens with zero attached hydrogens (tertiary/aromatic N) is 1. The summed E-state index contributed by atoms with van der Waals surface area (Å²) in [4.78, 5) is 4.10. The van der Waals surface area contributed by atoms with Crippen LogP contribution < -0.4 is 4.72 Å². The first-order valence-electron chi connectivity index (χ1n) is 7.38. The first-order chi connectivity index (χ1) is 12.1. The van der Waals surface area contributed by atoms with Gasteiger partial charge in [-0.3, -0.25) is 4.72 Å². The molecule has 1 N–H and O–H groups in total. The second-order valence-corrected chi connectivity index (χ2v) is 8.20. The smallest absolute Gasteiger partial charge is 0.280 e. The Bertz CT molecular complexity index is 1010. The summed E-state index contributed by atoms with van der Waals surface area (Å²) in [5.74, 6) is 0. The fourth-order valence-electron chi connectivity index (χ4n) is 2.24. The highest BCUT2D eigenvalue weighted by Gasteiger charge is 2.30. The van der Waals surface area contributed by atoms with Crippen LogP contribution in [-0.2, 0) is 16.2 Å². The quantitative estimate of drug-likeness (QED) is 0.677. The van der Waals surface area contributed by atoms with E-state index in [0.29, 0.717) is 5.69 Å². The van der Waals surface area contributed by atoms with Crippen LogP contribution in [0, 0.1) is 6.92 Å². The Kier molecular flexibility index (Phi) is 4.76. The van der Waals surface area contributed by atoms with Crippen molar-refractivity contribution in [3.63, 3.8) is 0 Å². The predicted octanol–water partition coefficient (Wildman–Crippen LogP) is 4.94. The lowest BCUT2D eigenvalue weighted by Gasteiger charge is -2.10. The number of halogens is 3.